The first-order valence-electron chi connectivity index (χ1n) is 11.0. The van der Waals surface area contributed by atoms with Crippen LogP contribution < -0.4 is 14.5 Å². The lowest BCUT2D eigenvalue weighted by molar-refractivity contribution is -0.120. The number of aryl methyl sites for hydroxylation is 1. The highest BCUT2D eigenvalue weighted by atomic mass is 35.5. The number of ether oxygens (including phenoxy) is 1. The second-order valence-electron chi connectivity index (χ2n) is 8.47. The Morgan fingerprint density at radius 3 is 2.50 bits per heavy atom. The van der Waals surface area contributed by atoms with Crippen LogP contribution in [0.3, 0.4) is 0 Å². The fourth-order valence-electron chi connectivity index (χ4n) is 4.37. The monoisotopic (exact) mass is 448 g/mol. The van der Waals surface area contributed by atoms with Gasteiger partial charge in [0.1, 0.15) is 5.75 Å². The lowest BCUT2D eigenvalue weighted by atomic mass is 9.81. The summed E-state index contributed by atoms with van der Waals surface area (Å²) >= 11 is 6.30. The third-order valence-corrected chi connectivity index (χ3v) is 6.38. The predicted octanol–water partition coefficient (Wildman–Crippen LogP) is 6.07. The van der Waals surface area contributed by atoms with Crippen LogP contribution in [0.4, 0.5) is 11.4 Å². The van der Waals surface area contributed by atoms with Crippen molar-refractivity contribution in [3.8, 4) is 5.75 Å². The molecule has 1 amide bonds. The summed E-state index contributed by atoms with van der Waals surface area (Å²) in [5.41, 5.74) is 5.33. The van der Waals surface area contributed by atoms with Crippen LogP contribution in [-0.4, -0.2) is 27.1 Å². The van der Waals surface area contributed by atoms with Crippen LogP contribution >= 0.6 is 11.6 Å². The van der Waals surface area contributed by atoms with E-state index in [9.17, 15) is 4.79 Å². The molecule has 1 atom stereocenters. The molecule has 5 heteroatoms. The number of rotatable bonds is 6. The number of benzene rings is 3. The lowest BCUT2D eigenvalue weighted by Gasteiger charge is -2.31. The Morgan fingerprint density at radius 2 is 1.81 bits per heavy atom. The topological polar surface area (TPSA) is 32.8 Å². The first-order chi connectivity index (χ1) is 15.5. The molecular formula is C27H29ClN2O2. The van der Waals surface area contributed by atoms with Crippen LogP contribution in [0.1, 0.15) is 35.4 Å². The number of halogens is 1. The maximum absolute atomic E-state index is 14.0. The van der Waals surface area contributed by atoms with Gasteiger partial charge in [-0.2, -0.15) is 0 Å². The van der Waals surface area contributed by atoms with Gasteiger partial charge in [-0.1, -0.05) is 35.9 Å². The van der Waals surface area contributed by atoms with Gasteiger partial charge in [0, 0.05) is 30.5 Å². The summed E-state index contributed by atoms with van der Waals surface area (Å²) in [4.78, 5) is 17.9. The van der Waals surface area contributed by atoms with Crippen LogP contribution in [0, 0.1) is 0 Å². The van der Waals surface area contributed by atoms with Crippen molar-refractivity contribution < 1.29 is 9.53 Å². The molecule has 1 aliphatic carbocycles. The largest absolute Gasteiger partial charge is 0.497 e. The molecule has 3 aromatic rings. The van der Waals surface area contributed by atoms with E-state index >= 15 is 0 Å². The summed E-state index contributed by atoms with van der Waals surface area (Å²) in [6, 6.07) is 22.0. The zero-order valence-corrected chi connectivity index (χ0v) is 19.6. The highest BCUT2D eigenvalue weighted by Gasteiger charge is 2.31. The highest BCUT2D eigenvalue weighted by Crippen LogP contribution is 2.37. The van der Waals surface area contributed by atoms with Crippen LogP contribution in [0.25, 0.3) is 0 Å². The SMILES string of the molecule is COc1ccc2c(c1)C(C(=O)N(Cc1ccc(N(C)C)cc1)c1cccc(Cl)c1)CCC2. The van der Waals surface area contributed by atoms with Crippen molar-refractivity contribution in [1.29, 1.82) is 0 Å². The van der Waals surface area contributed by atoms with Crippen molar-refractivity contribution >= 4 is 28.9 Å². The van der Waals surface area contributed by atoms with Crippen molar-refractivity contribution in [2.45, 2.75) is 31.7 Å². The quantitative estimate of drug-likeness (QED) is 0.459. The summed E-state index contributed by atoms with van der Waals surface area (Å²) in [5.74, 6) is 0.684. The van der Waals surface area contributed by atoms with Crippen molar-refractivity contribution in [3.63, 3.8) is 0 Å². The fourth-order valence-corrected chi connectivity index (χ4v) is 4.56. The minimum Gasteiger partial charge on any atom is -0.497 e. The summed E-state index contributed by atoms with van der Waals surface area (Å²) < 4.78 is 5.45. The second kappa shape index (κ2) is 9.66. The van der Waals surface area contributed by atoms with Crippen molar-refractivity contribution in [1.82, 2.24) is 0 Å². The summed E-state index contributed by atoms with van der Waals surface area (Å²) in [5, 5.41) is 0.619. The summed E-state index contributed by atoms with van der Waals surface area (Å²) in [6.45, 7) is 0.489. The Hall–Kier alpha value is -2.98. The maximum atomic E-state index is 14.0. The Kier molecular flexibility index (Phi) is 6.71. The fraction of sp³-hybridized carbons (Fsp3) is 0.296. The number of anilines is 2. The van der Waals surface area contributed by atoms with Crippen LogP contribution in [0.2, 0.25) is 5.02 Å². The van der Waals surface area contributed by atoms with Crippen LogP contribution in [0.15, 0.2) is 66.7 Å². The zero-order chi connectivity index (χ0) is 22.7. The van der Waals surface area contributed by atoms with E-state index in [0.717, 1.165) is 47.5 Å². The molecule has 32 heavy (non-hydrogen) atoms. The Bertz CT molecular complexity index is 1100. The molecule has 4 nitrogen and oxygen atoms in total. The average Bonchev–Trinajstić information content (AvgIpc) is 2.81. The van der Waals surface area contributed by atoms with Gasteiger partial charge in [-0.15, -0.1) is 0 Å². The van der Waals surface area contributed by atoms with Gasteiger partial charge in [-0.05, 0) is 78.4 Å². The zero-order valence-electron chi connectivity index (χ0n) is 18.8. The number of carbonyl (C=O) groups is 1. The van der Waals surface area contributed by atoms with Gasteiger partial charge < -0.3 is 14.5 Å². The lowest BCUT2D eigenvalue weighted by Crippen LogP contribution is -2.36. The number of hydrogen-bond acceptors (Lipinski definition) is 3. The molecular weight excluding hydrogens is 420 g/mol. The molecule has 0 saturated carbocycles. The third-order valence-electron chi connectivity index (χ3n) is 6.14. The number of fused-ring (bicyclic) bond motifs is 1. The van der Waals surface area contributed by atoms with Gasteiger partial charge in [-0.3, -0.25) is 4.79 Å². The van der Waals surface area contributed by atoms with E-state index in [-0.39, 0.29) is 11.8 Å². The molecule has 166 valence electrons. The Labute approximate surface area is 195 Å². The number of amides is 1. The molecule has 0 heterocycles. The number of nitrogens with zero attached hydrogens (tertiary/aromatic N) is 2. The van der Waals surface area contributed by atoms with Crippen LogP contribution in [-0.2, 0) is 17.8 Å². The minimum absolute atomic E-state index is 0.0955. The van der Waals surface area contributed by atoms with E-state index < -0.39 is 0 Å². The van der Waals surface area contributed by atoms with Gasteiger partial charge >= 0.3 is 0 Å². The van der Waals surface area contributed by atoms with Crippen molar-refractivity contribution in [2.75, 3.05) is 31.0 Å². The molecule has 1 aliphatic rings. The predicted molar refractivity (Wildman–Crippen MR) is 132 cm³/mol. The molecule has 3 aromatic carbocycles. The summed E-state index contributed by atoms with van der Waals surface area (Å²) in [6.07, 6.45) is 2.82. The molecule has 0 N–H and O–H groups in total. The maximum Gasteiger partial charge on any atom is 0.234 e. The number of carbonyl (C=O) groups excluding carboxylic acids is 1. The van der Waals surface area contributed by atoms with E-state index in [1.165, 1.54) is 5.56 Å². The molecule has 0 fully saturated rings. The van der Waals surface area contributed by atoms with Gasteiger partial charge in [0.15, 0.2) is 0 Å². The van der Waals surface area contributed by atoms with Crippen LogP contribution in [0.5, 0.6) is 5.75 Å². The van der Waals surface area contributed by atoms with E-state index in [2.05, 4.69) is 35.2 Å². The van der Waals surface area contributed by atoms with Crippen molar-refractivity contribution in [2.24, 2.45) is 0 Å². The average molecular weight is 449 g/mol. The highest BCUT2D eigenvalue weighted by molar-refractivity contribution is 6.30. The van der Waals surface area contributed by atoms with E-state index in [4.69, 9.17) is 16.3 Å². The first-order valence-corrected chi connectivity index (χ1v) is 11.3. The number of methoxy groups -OCH3 is 1. The van der Waals surface area contributed by atoms with Gasteiger partial charge in [-0.25, -0.2) is 0 Å². The molecule has 4 rings (SSSR count). The normalized spacial score (nSPS) is 15.1. The van der Waals surface area contributed by atoms with E-state index in [1.54, 1.807) is 7.11 Å². The third kappa shape index (κ3) is 4.76. The molecule has 1 unspecified atom stereocenters. The smallest absolute Gasteiger partial charge is 0.234 e. The molecule has 0 aromatic heterocycles. The Balaban J connectivity index is 1.70. The number of hydrogen-bond donors (Lipinski definition) is 0. The van der Waals surface area contributed by atoms with E-state index in [0.29, 0.717) is 11.6 Å². The second-order valence-corrected chi connectivity index (χ2v) is 8.91. The standard InChI is InChI=1S/C27H29ClN2O2/c1-29(2)22-13-10-19(11-14-22)18-30(23-8-5-7-21(28)16-23)27(31)25-9-4-6-20-12-15-24(32-3)17-26(20)25/h5,7-8,10-17,25H,4,6,9,18H2,1-3H3. The van der Waals surface area contributed by atoms with Gasteiger partial charge in [0.2, 0.25) is 5.91 Å². The summed E-state index contributed by atoms with van der Waals surface area (Å²) in [7, 11) is 5.70. The van der Waals surface area contributed by atoms with Gasteiger partial charge in [0.25, 0.3) is 0 Å². The minimum atomic E-state index is -0.200. The van der Waals surface area contributed by atoms with E-state index in [1.807, 2.05) is 55.4 Å². The molecule has 0 spiro atoms. The van der Waals surface area contributed by atoms with Gasteiger partial charge in [0.05, 0.1) is 19.6 Å². The molecule has 0 saturated heterocycles. The molecule has 0 radical (unpaired) electrons. The first kappa shape index (κ1) is 22.2. The molecule has 0 bridgehead atoms. The Morgan fingerprint density at radius 1 is 1.03 bits per heavy atom. The van der Waals surface area contributed by atoms with Crippen molar-refractivity contribution in [3.05, 3.63) is 88.4 Å². The molecule has 0 aliphatic heterocycles.